The van der Waals surface area contributed by atoms with Gasteiger partial charge in [-0.1, -0.05) is 29.8 Å². The minimum Gasteiger partial charge on any atom is -0.461 e. The van der Waals surface area contributed by atoms with E-state index < -0.39 is 11.6 Å². The molecule has 0 aliphatic heterocycles. The van der Waals surface area contributed by atoms with E-state index in [0.717, 1.165) is 34.4 Å². The first-order valence-electron chi connectivity index (χ1n) is 6.41. The fourth-order valence-electron chi connectivity index (χ4n) is 2.33. The van der Waals surface area contributed by atoms with Crippen LogP contribution in [-0.4, -0.2) is 0 Å². The molecule has 0 bridgehead atoms. The zero-order valence-corrected chi connectivity index (χ0v) is 12.0. The number of hydrogen-bond acceptors (Lipinski definition) is 2. The second-order valence-electron chi connectivity index (χ2n) is 4.73. The molecule has 5 heteroatoms. The molecule has 108 valence electrons. The number of rotatable bonds is 3. The minimum absolute atomic E-state index is 0.0120. The van der Waals surface area contributed by atoms with Gasteiger partial charge in [-0.25, -0.2) is 8.78 Å². The van der Waals surface area contributed by atoms with Crippen LogP contribution in [-0.2, 0) is 6.54 Å². The van der Waals surface area contributed by atoms with Gasteiger partial charge in [0.15, 0.2) is 5.82 Å². The van der Waals surface area contributed by atoms with Gasteiger partial charge in [0.05, 0.1) is 10.7 Å². The summed E-state index contributed by atoms with van der Waals surface area (Å²) in [6.07, 6.45) is 0. The van der Waals surface area contributed by atoms with E-state index in [2.05, 4.69) is 5.32 Å². The Morgan fingerprint density at radius 2 is 1.95 bits per heavy atom. The van der Waals surface area contributed by atoms with Gasteiger partial charge in [0.1, 0.15) is 17.2 Å². The average molecular weight is 308 g/mol. The summed E-state index contributed by atoms with van der Waals surface area (Å²) < 4.78 is 32.4. The molecule has 3 aromatic rings. The maximum absolute atomic E-state index is 13.7. The summed E-state index contributed by atoms with van der Waals surface area (Å²) in [6.45, 7) is 2.19. The predicted molar refractivity (Wildman–Crippen MR) is 79.6 cm³/mol. The van der Waals surface area contributed by atoms with E-state index >= 15 is 0 Å². The molecule has 0 fully saturated rings. The molecule has 1 N–H and O–H groups in total. The van der Waals surface area contributed by atoms with Crippen molar-refractivity contribution in [1.82, 2.24) is 0 Å². The molecule has 2 nitrogen and oxygen atoms in total. The molecule has 21 heavy (non-hydrogen) atoms. The second kappa shape index (κ2) is 5.37. The van der Waals surface area contributed by atoms with Crippen LogP contribution in [0.15, 0.2) is 40.8 Å². The van der Waals surface area contributed by atoms with Crippen molar-refractivity contribution in [2.24, 2.45) is 0 Å². The normalized spacial score (nSPS) is 11.0. The third-order valence-corrected chi connectivity index (χ3v) is 3.65. The number of hydrogen-bond donors (Lipinski definition) is 1. The Morgan fingerprint density at radius 1 is 1.19 bits per heavy atom. The SMILES string of the molecule is Cc1oc2ccccc2c1CNc1c(F)cc(F)cc1Cl. The monoisotopic (exact) mass is 307 g/mol. The third kappa shape index (κ3) is 2.59. The molecule has 0 aliphatic carbocycles. The zero-order chi connectivity index (χ0) is 15.0. The number of fused-ring (bicyclic) bond motifs is 1. The van der Waals surface area contributed by atoms with Crippen LogP contribution >= 0.6 is 11.6 Å². The second-order valence-corrected chi connectivity index (χ2v) is 5.14. The Morgan fingerprint density at radius 3 is 2.71 bits per heavy atom. The number of halogens is 3. The summed E-state index contributed by atoms with van der Waals surface area (Å²) in [4.78, 5) is 0. The molecular formula is C16H12ClF2NO. The molecule has 0 atom stereocenters. The van der Waals surface area contributed by atoms with Gasteiger partial charge in [0.25, 0.3) is 0 Å². The lowest BCUT2D eigenvalue weighted by molar-refractivity contribution is 0.572. The Hall–Kier alpha value is -2.07. The standard InChI is InChI=1S/C16H12ClF2NO/c1-9-12(11-4-2-3-5-15(11)21-9)8-20-16-13(17)6-10(18)7-14(16)19/h2-7,20H,8H2,1H3. The van der Waals surface area contributed by atoms with E-state index in [4.69, 9.17) is 16.0 Å². The fourth-order valence-corrected chi connectivity index (χ4v) is 2.59. The lowest BCUT2D eigenvalue weighted by atomic mass is 10.1. The van der Waals surface area contributed by atoms with Gasteiger partial charge >= 0.3 is 0 Å². The summed E-state index contributed by atoms with van der Waals surface area (Å²) >= 11 is 5.87. The highest BCUT2D eigenvalue weighted by atomic mass is 35.5. The van der Waals surface area contributed by atoms with Crippen LogP contribution in [0.5, 0.6) is 0 Å². The fraction of sp³-hybridized carbons (Fsp3) is 0.125. The Balaban J connectivity index is 1.92. The van der Waals surface area contributed by atoms with Crippen LogP contribution in [0.1, 0.15) is 11.3 Å². The molecule has 1 aromatic heterocycles. The van der Waals surface area contributed by atoms with Crippen LogP contribution in [0.25, 0.3) is 11.0 Å². The molecule has 1 heterocycles. The molecule has 0 saturated carbocycles. The van der Waals surface area contributed by atoms with E-state index in [0.29, 0.717) is 6.54 Å². The maximum Gasteiger partial charge on any atom is 0.150 e. The van der Waals surface area contributed by atoms with Crippen LogP contribution in [0, 0.1) is 18.6 Å². The average Bonchev–Trinajstić information content (AvgIpc) is 2.73. The summed E-state index contributed by atoms with van der Waals surface area (Å²) in [5.41, 5.74) is 1.78. The first-order valence-corrected chi connectivity index (χ1v) is 6.79. The number of furan rings is 1. The van der Waals surface area contributed by atoms with Gasteiger partial charge < -0.3 is 9.73 Å². The predicted octanol–water partition coefficient (Wildman–Crippen LogP) is 5.28. The number of anilines is 1. The topological polar surface area (TPSA) is 25.2 Å². The molecule has 0 spiro atoms. The van der Waals surface area contributed by atoms with Gasteiger partial charge in [-0.3, -0.25) is 0 Å². The number of nitrogens with one attached hydrogen (secondary N) is 1. The smallest absolute Gasteiger partial charge is 0.150 e. The van der Waals surface area contributed by atoms with Crippen molar-refractivity contribution in [1.29, 1.82) is 0 Å². The number of benzene rings is 2. The van der Waals surface area contributed by atoms with Crippen molar-refractivity contribution in [3.05, 3.63) is 64.4 Å². The van der Waals surface area contributed by atoms with Gasteiger partial charge in [0, 0.05) is 23.6 Å². The Labute approximate surface area is 125 Å². The van der Waals surface area contributed by atoms with Gasteiger partial charge in [-0.15, -0.1) is 0 Å². The van der Waals surface area contributed by atoms with Crippen LogP contribution in [0.4, 0.5) is 14.5 Å². The molecule has 2 aromatic carbocycles. The Bertz CT molecular complexity index is 790. The molecule has 0 radical (unpaired) electrons. The van der Waals surface area contributed by atoms with Crippen molar-refractivity contribution < 1.29 is 13.2 Å². The molecule has 0 saturated heterocycles. The van der Waals surface area contributed by atoms with E-state index in [1.54, 1.807) is 0 Å². The lowest BCUT2D eigenvalue weighted by Crippen LogP contribution is -2.03. The van der Waals surface area contributed by atoms with Gasteiger partial charge in [-0.2, -0.15) is 0 Å². The third-order valence-electron chi connectivity index (χ3n) is 3.35. The van der Waals surface area contributed by atoms with E-state index in [1.807, 2.05) is 31.2 Å². The highest BCUT2D eigenvalue weighted by Crippen LogP contribution is 2.29. The lowest BCUT2D eigenvalue weighted by Gasteiger charge is -2.09. The Kier molecular flexibility index (Phi) is 3.55. The van der Waals surface area contributed by atoms with Crippen molar-refractivity contribution in [3.8, 4) is 0 Å². The van der Waals surface area contributed by atoms with E-state index in [9.17, 15) is 8.78 Å². The summed E-state index contributed by atoms with van der Waals surface area (Å²) in [6, 6.07) is 9.48. The van der Waals surface area contributed by atoms with Crippen molar-refractivity contribution in [3.63, 3.8) is 0 Å². The van der Waals surface area contributed by atoms with E-state index in [1.165, 1.54) is 0 Å². The van der Waals surface area contributed by atoms with Crippen LogP contribution in [0.2, 0.25) is 5.02 Å². The number of aryl methyl sites for hydroxylation is 1. The zero-order valence-electron chi connectivity index (χ0n) is 11.2. The highest BCUT2D eigenvalue weighted by Gasteiger charge is 2.13. The van der Waals surface area contributed by atoms with Crippen molar-refractivity contribution in [2.45, 2.75) is 13.5 Å². The quantitative estimate of drug-likeness (QED) is 0.711. The molecule has 0 aliphatic rings. The first-order chi connectivity index (χ1) is 10.1. The first kappa shape index (κ1) is 13.9. The van der Waals surface area contributed by atoms with Crippen LogP contribution in [0.3, 0.4) is 0 Å². The molecular weight excluding hydrogens is 296 g/mol. The summed E-state index contributed by atoms with van der Waals surface area (Å²) in [7, 11) is 0. The highest BCUT2D eigenvalue weighted by molar-refractivity contribution is 6.33. The molecule has 0 amide bonds. The van der Waals surface area contributed by atoms with Gasteiger partial charge in [0.2, 0.25) is 0 Å². The summed E-state index contributed by atoms with van der Waals surface area (Å²) in [5, 5.41) is 3.88. The van der Waals surface area contributed by atoms with Crippen molar-refractivity contribution in [2.75, 3.05) is 5.32 Å². The van der Waals surface area contributed by atoms with Crippen LogP contribution < -0.4 is 5.32 Å². The van der Waals surface area contributed by atoms with E-state index in [-0.39, 0.29) is 10.7 Å². The number of para-hydroxylation sites is 1. The molecule has 3 rings (SSSR count). The molecule has 0 unspecified atom stereocenters. The van der Waals surface area contributed by atoms with Gasteiger partial charge in [-0.05, 0) is 19.1 Å². The largest absolute Gasteiger partial charge is 0.461 e. The maximum atomic E-state index is 13.7. The van der Waals surface area contributed by atoms with Crippen molar-refractivity contribution >= 4 is 28.3 Å². The minimum atomic E-state index is -0.717. The summed E-state index contributed by atoms with van der Waals surface area (Å²) in [5.74, 6) is -0.666.